The first-order valence-electron chi connectivity index (χ1n) is 6.44. The van der Waals surface area contributed by atoms with E-state index >= 15 is 0 Å². The quantitative estimate of drug-likeness (QED) is 0.856. The summed E-state index contributed by atoms with van der Waals surface area (Å²) in [6.07, 6.45) is 2.78. The van der Waals surface area contributed by atoms with Gasteiger partial charge in [0.05, 0.1) is 17.1 Å². The van der Waals surface area contributed by atoms with Crippen LogP contribution in [0, 0.1) is 6.92 Å². The Morgan fingerprint density at radius 3 is 3.00 bits per heavy atom. The Morgan fingerprint density at radius 2 is 2.26 bits per heavy atom. The number of nitrogens with two attached hydrogens (primary N) is 1. The molecule has 0 spiro atoms. The molecule has 2 N–H and O–H groups in total. The Hall–Kier alpha value is -1.95. The predicted octanol–water partition coefficient (Wildman–Crippen LogP) is 0.659. The molecule has 6 heteroatoms. The van der Waals surface area contributed by atoms with Crippen molar-refractivity contribution < 1.29 is 0 Å². The van der Waals surface area contributed by atoms with Crippen molar-refractivity contribution in [1.82, 2.24) is 24.6 Å². The Kier molecular flexibility index (Phi) is 2.94. The topological polar surface area (TPSA) is 72.9 Å². The first-order valence-corrected chi connectivity index (χ1v) is 6.44. The van der Waals surface area contributed by atoms with Gasteiger partial charge >= 0.3 is 0 Å². The van der Waals surface area contributed by atoms with E-state index in [2.05, 4.69) is 26.0 Å². The number of aromatic nitrogens is 4. The standard InChI is InChI=1S/C13H18N6/c1-9-5-11(18(2)17-9)8-19-4-3-12-10(7-19)6-15-13(14)16-12/h5-6H,3-4,7-8H2,1-2H3,(H2,14,15,16). The number of anilines is 1. The third kappa shape index (κ3) is 2.44. The monoisotopic (exact) mass is 258 g/mol. The summed E-state index contributed by atoms with van der Waals surface area (Å²) in [6.45, 7) is 4.79. The minimum Gasteiger partial charge on any atom is -0.368 e. The summed E-state index contributed by atoms with van der Waals surface area (Å²) >= 11 is 0. The number of rotatable bonds is 2. The molecule has 0 aliphatic carbocycles. The van der Waals surface area contributed by atoms with E-state index in [1.54, 1.807) is 0 Å². The Labute approximate surface area is 112 Å². The highest BCUT2D eigenvalue weighted by Crippen LogP contribution is 2.19. The average molecular weight is 258 g/mol. The van der Waals surface area contributed by atoms with Gasteiger partial charge in [0, 0.05) is 44.9 Å². The van der Waals surface area contributed by atoms with Gasteiger partial charge in [-0.05, 0) is 13.0 Å². The van der Waals surface area contributed by atoms with Gasteiger partial charge in [-0.1, -0.05) is 0 Å². The fourth-order valence-electron chi connectivity index (χ4n) is 2.57. The fraction of sp³-hybridized carbons (Fsp3) is 0.462. The third-order valence-corrected chi connectivity index (χ3v) is 3.52. The fourth-order valence-corrected chi connectivity index (χ4v) is 2.57. The van der Waals surface area contributed by atoms with Gasteiger partial charge in [0.15, 0.2) is 0 Å². The molecular formula is C13H18N6. The van der Waals surface area contributed by atoms with Crippen molar-refractivity contribution in [2.24, 2.45) is 7.05 Å². The van der Waals surface area contributed by atoms with E-state index in [1.165, 1.54) is 11.3 Å². The van der Waals surface area contributed by atoms with E-state index in [-0.39, 0.29) is 0 Å². The molecule has 0 radical (unpaired) electrons. The SMILES string of the molecule is Cc1cc(CN2CCc3nc(N)ncc3C2)n(C)n1. The molecule has 3 rings (SSSR count). The molecule has 0 fully saturated rings. The van der Waals surface area contributed by atoms with Crippen molar-refractivity contribution in [1.29, 1.82) is 0 Å². The summed E-state index contributed by atoms with van der Waals surface area (Å²) < 4.78 is 1.95. The zero-order valence-electron chi connectivity index (χ0n) is 11.3. The van der Waals surface area contributed by atoms with Gasteiger partial charge in [-0.25, -0.2) is 9.97 Å². The summed E-state index contributed by atoms with van der Waals surface area (Å²) in [5, 5.41) is 4.38. The van der Waals surface area contributed by atoms with Gasteiger partial charge in [0.1, 0.15) is 0 Å². The second-order valence-corrected chi connectivity index (χ2v) is 5.06. The highest BCUT2D eigenvalue weighted by molar-refractivity contribution is 5.27. The van der Waals surface area contributed by atoms with Crippen LogP contribution in [-0.2, 0) is 26.6 Å². The number of nitrogens with zero attached hydrogens (tertiary/aromatic N) is 5. The molecule has 100 valence electrons. The van der Waals surface area contributed by atoms with Crippen LogP contribution in [0.3, 0.4) is 0 Å². The van der Waals surface area contributed by atoms with Crippen LogP contribution in [0.4, 0.5) is 5.95 Å². The lowest BCUT2D eigenvalue weighted by molar-refractivity contribution is 0.236. The minimum absolute atomic E-state index is 0.370. The number of nitrogen functional groups attached to an aromatic ring is 1. The summed E-state index contributed by atoms with van der Waals surface area (Å²) in [6, 6.07) is 2.13. The summed E-state index contributed by atoms with van der Waals surface area (Å²) in [7, 11) is 1.99. The summed E-state index contributed by atoms with van der Waals surface area (Å²) in [5.41, 5.74) is 10.2. The molecule has 0 amide bonds. The van der Waals surface area contributed by atoms with Crippen molar-refractivity contribution in [3.05, 3.63) is 34.9 Å². The predicted molar refractivity (Wildman–Crippen MR) is 72.2 cm³/mol. The van der Waals surface area contributed by atoms with E-state index in [0.717, 1.165) is 37.4 Å². The molecule has 1 aliphatic heterocycles. The lowest BCUT2D eigenvalue weighted by atomic mass is 10.1. The molecule has 1 aliphatic rings. The van der Waals surface area contributed by atoms with E-state index in [1.807, 2.05) is 24.9 Å². The lowest BCUT2D eigenvalue weighted by Gasteiger charge is -2.27. The molecule has 0 saturated carbocycles. The van der Waals surface area contributed by atoms with Crippen LogP contribution in [0.1, 0.15) is 22.6 Å². The zero-order chi connectivity index (χ0) is 13.4. The molecular weight excluding hydrogens is 240 g/mol. The number of aryl methyl sites for hydroxylation is 2. The van der Waals surface area contributed by atoms with Gasteiger partial charge in [0.2, 0.25) is 5.95 Å². The van der Waals surface area contributed by atoms with Crippen LogP contribution < -0.4 is 5.73 Å². The minimum atomic E-state index is 0.370. The van der Waals surface area contributed by atoms with Crippen molar-refractivity contribution in [3.63, 3.8) is 0 Å². The first kappa shape index (κ1) is 12.1. The highest BCUT2D eigenvalue weighted by atomic mass is 15.3. The van der Waals surface area contributed by atoms with Gasteiger partial charge in [-0.3, -0.25) is 9.58 Å². The number of fused-ring (bicyclic) bond motifs is 1. The van der Waals surface area contributed by atoms with Crippen LogP contribution in [0.2, 0.25) is 0 Å². The van der Waals surface area contributed by atoms with Gasteiger partial charge in [-0.15, -0.1) is 0 Å². The van der Waals surface area contributed by atoms with Gasteiger partial charge < -0.3 is 5.73 Å². The van der Waals surface area contributed by atoms with Gasteiger partial charge in [0.25, 0.3) is 0 Å². The molecule has 19 heavy (non-hydrogen) atoms. The van der Waals surface area contributed by atoms with Crippen molar-refractivity contribution >= 4 is 5.95 Å². The maximum absolute atomic E-state index is 5.62. The maximum Gasteiger partial charge on any atom is 0.220 e. The van der Waals surface area contributed by atoms with Crippen molar-refractivity contribution in [2.75, 3.05) is 12.3 Å². The second kappa shape index (κ2) is 4.62. The summed E-state index contributed by atoms with van der Waals surface area (Å²) in [5.74, 6) is 0.370. The molecule has 0 unspecified atom stereocenters. The number of hydrogen-bond acceptors (Lipinski definition) is 5. The van der Waals surface area contributed by atoms with E-state index < -0.39 is 0 Å². The maximum atomic E-state index is 5.62. The molecule has 2 aromatic heterocycles. The van der Waals surface area contributed by atoms with Crippen LogP contribution in [0.25, 0.3) is 0 Å². The molecule has 3 heterocycles. The molecule has 0 bridgehead atoms. The first-order chi connectivity index (χ1) is 9.11. The third-order valence-electron chi connectivity index (χ3n) is 3.52. The average Bonchev–Trinajstić information content (AvgIpc) is 2.68. The Balaban J connectivity index is 1.75. The molecule has 0 saturated heterocycles. The molecule has 2 aromatic rings. The van der Waals surface area contributed by atoms with E-state index in [4.69, 9.17) is 5.73 Å². The number of hydrogen-bond donors (Lipinski definition) is 1. The molecule has 6 nitrogen and oxygen atoms in total. The normalized spacial score (nSPS) is 15.5. The lowest BCUT2D eigenvalue weighted by Crippen LogP contribution is -2.31. The second-order valence-electron chi connectivity index (χ2n) is 5.06. The smallest absolute Gasteiger partial charge is 0.220 e. The van der Waals surface area contributed by atoms with Crippen LogP contribution >= 0.6 is 0 Å². The van der Waals surface area contributed by atoms with Crippen molar-refractivity contribution in [3.8, 4) is 0 Å². The van der Waals surface area contributed by atoms with Gasteiger partial charge in [-0.2, -0.15) is 5.10 Å². The van der Waals surface area contributed by atoms with Crippen LogP contribution in [0.15, 0.2) is 12.3 Å². The molecule has 0 aromatic carbocycles. The van der Waals surface area contributed by atoms with E-state index in [9.17, 15) is 0 Å². The Bertz CT molecular complexity index is 603. The zero-order valence-corrected chi connectivity index (χ0v) is 11.3. The highest BCUT2D eigenvalue weighted by Gasteiger charge is 2.19. The Morgan fingerprint density at radius 1 is 1.42 bits per heavy atom. The van der Waals surface area contributed by atoms with E-state index in [0.29, 0.717) is 5.95 Å². The largest absolute Gasteiger partial charge is 0.368 e. The van der Waals surface area contributed by atoms with Crippen LogP contribution in [-0.4, -0.2) is 31.2 Å². The van der Waals surface area contributed by atoms with Crippen molar-refractivity contribution in [2.45, 2.75) is 26.4 Å². The summed E-state index contributed by atoms with van der Waals surface area (Å²) in [4.78, 5) is 10.8. The molecule has 0 atom stereocenters. The van der Waals surface area contributed by atoms with Crippen LogP contribution in [0.5, 0.6) is 0 Å².